The second kappa shape index (κ2) is 5.91. The molecule has 0 spiro atoms. The largest absolute Gasteiger partial charge is 0.348 e. The first kappa shape index (κ1) is 15.0. The molecule has 0 aliphatic heterocycles. The summed E-state index contributed by atoms with van der Waals surface area (Å²) < 4.78 is 4.61. The maximum absolute atomic E-state index is 12.1. The number of aromatic nitrogens is 4. The van der Waals surface area contributed by atoms with Gasteiger partial charge in [-0.1, -0.05) is 6.92 Å². The second-order valence-electron chi connectivity index (χ2n) is 4.78. The van der Waals surface area contributed by atoms with Crippen molar-refractivity contribution in [2.75, 3.05) is 0 Å². The molecule has 0 saturated carbocycles. The van der Waals surface area contributed by atoms with E-state index in [-0.39, 0.29) is 5.69 Å². The van der Waals surface area contributed by atoms with Crippen LogP contribution in [0.25, 0.3) is 0 Å². The van der Waals surface area contributed by atoms with Crippen molar-refractivity contribution >= 4 is 15.9 Å². The molecular formula is C14H19BrN4O. The first-order valence-corrected chi connectivity index (χ1v) is 7.56. The zero-order valence-corrected chi connectivity index (χ0v) is 13.9. The SMILES string of the molecule is CCc1nn(CC)c(Cn2c(C)cc(C)nc2=O)c1Br. The van der Waals surface area contributed by atoms with Gasteiger partial charge in [0.25, 0.3) is 0 Å². The van der Waals surface area contributed by atoms with Crippen molar-refractivity contribution in [2.45, 2.75) is 47.2 Å². The summed E-state index contributed by atoms with van der Waals surface area (Å²) in [5.41, 5.74) is 3.49. The quantitative estimate of drug-likeness (QED) is 0.860. The number of rotatable bonds is 4. The van der Waals surface area contributed by atoms with E-state index in [0.717, 1.165) is 40.2 Å². The van der Waals surface area contributed by atoms with Gasteiger partial charge in [-0.3, -0.25) is 9.25 Å². The van der Waals surface area contributed by atoms with Gasteiger partial charge in [0, 0.05) is 17.9 Å². The van der Waals surface area contributed by atoms with E-state index < -0.39 is 0 Å². The van der Waals surface area contributed by atoms with Crippen LogP contribution >= 0.6 is 15.9 Å². The Bertz CT molecular complexity index is 687. The Morgan fingerprint density at radius 3 is 2.55 bits per heavy atom. The Kier molecular flexibility index (Phi) is 4.42. The first-order chi connectivity index (χ1) is 9.47. The maximum atomic E-state index is 12.1. The molecule has 0 aliphatic rings. The van der Waals surface area contributed by atoms with Gasteiger partial charge in [-0.25, -0.2) is 4.79 Å². The normalized spacial score (nSPS) is 11.1. The molecule has 0 aliphatic carbocycles. The minimum absolute atomic E-state index is 0.212. The summed E-state index contributed by atoms with van der Waals surface area (Å²) in [5, 5.41) is 4.55. The number of hydrogen-bond acceptors (Lipinski definition) is 3. The highest BCUT2D eigenvalue weighted by Crippen LogP contribution is 2.23. The molecule has 2 aromatic rings. The van der Waals surface area contributed by atoms with Crippen LogP contribution in [0.5, 0.6) is 0 Å². The lowest BCUT2D eigenvalue weighted by atomic mass is 10.3. The number of aryl methyl sites for hydroxylation is 4. The molecule has 0 bridgehead atoms. The van der Waals surface area contributed by atoms with Gasteiger partial charge in [-0.05, 0) is 49.2 Å². The topological polar surface area (TPSA) is 52.7 Å². The molecule has 20 heavy (non-hydrogen) atoms. The van der Waals surface area contributed by atoms with Gasteiger partial charge in [0.2, 0.25) is 0 Å². The number of hydrogen-bond donors (Lipinski definition) is 0. The minimum Gasteiger partial charge on any atom is -0.291 e. The molecule has 0 N–H and O–H groups in total. The van der Waals surface area contributed by atoms with Crippen molar-refractivity contribution in [3.05, 3.63) is 43.8 Å². The van der Waals surface area contributed by atoms with Crippen molar-refractivity contribution in [2.24, 2.45) is 0 Å². The third-order valence-corrected chi connectivity index (χ3v) is 4.26. The lowest BCUT2D eigenvalue weighted by Gasteiger charge is -2.11. The zero-order chi connectivity index (χ0) is 14.9. The molecule has 0 amide bonds. The highest BCUT2D eigenvalue weighted by atomic mass is 79.9. The predicted molar refractivity (Wildman–Crippen MR) is 82.1 cm³/mol. The Morgan fingerprint density at radius 1 is 1.30 bits per heavy atom. The zero-order valence-electron chi connectivity index (χ0n) is 12.3. The lowest BCUT2D eigenvalue weighted by Crippen LogP contribution is -2.27. The van der Waals surface area contributed by atoms with Crippen molar-refractivity contribution in [1.29, 1.82) is 0 Å². The van der Waals surface area contributed by atoms with Crippen molar-refractivity contribution in [3.8, 4) is 0 Å². The molecule has 0 radical (unpaired) electrons. The first-order valence-electron chi connectivity index (χ1n) is 6.77. The van der Waals surface area contributed by atoms with Gasteiger partial charge in [0.05, 0.1) is 22.4 Å². The standard InChI is InChI=1S/C14H19BrN4O/c1-5-11-13(15)12(19(6-2)17-11)8-18-10(4)7-9(3)16-14(18)20/h7H,5-6,8H2,1-4H3. The van der Waals surface area contributed by atoms with Gasteiger partial charge in [0.1, 0.15) is 0 Å². The Labute approximate surface area is 126 Å². The monoisotopic (exact) mass is 338 g/mol. The van der Waals surface area contributed by atoms with Crippen molar-refractivity contribution in [3.63, 3.8) is 0 Å². The van der Waals surface area contributed by atoms with E-state index in [2.05, 4.69) is 32.9 Å². The summed E-state index contributed by atoms with van der Waals surface area (Å²) in [4.78, 5) is 16.1. The van der Waals surface area contributed by atoms with Gasteiger partial charge < -0.3 is 0 Å². The molecule has 0 atom stereocenters. The van der Waals surface area contributed by atoms with Crippen LogP contribution in [0.2, 0.25) is 0 Å². The van der Waals surface area contributed by atoms with E-state index in [1.165, 1.54) is 0 Å². The molecule has 0 fully saturated rings. The second-order valence-corrected chi connectivity index (χ2v) is 5.58. The molecule has 0 aromatic carbocycles. The van der Waals surface area contributed by atoms with Gasteiger partial charge in [0.15, 0.2) is 0 Å². The fourth-order valence-electron chi connectivity index (χ4n) is 2.29. The third-order valence-electron chi connectivity index (χ3n) is 3.35. The summed E-state index contributed by atoms with van der Waals surface area (Å²) >= 11 is 3.61. The smallest absolute Gasteiger partial charge is 0.291 e. The molecule has 5 nitrogen and oxygen atoms in total. The van der Waals surface area contributed by atoms with Crippen LogP contribution in [0.15, 0.2) is 15.3 Å². The average molecular weight is 339 g/mol. The Hall–Kier alpha value is -1.43. The summed E-state index contributed by atoms with van der Waals surface area (Å²) in [7, 11) is 0. The molecule has 2 heterocycles. The van der Waals surface area contributed by atoms with Gasteiger partial charge >= 0.3 is 5.69 Å². The van der Waals surface area contributed by atoms with Crippen LogP contribution < -0.4 is 5.69 Å². The Morgan fingerprint density at radius 2 is 2.00 bits per heavy atom. The minimum atomic E-state index is -0.212. The van der Waals surface area contributed by atoms with E-state index in [9.17, 15) is 4.79 Å². The fraction of sp³-hybridized carbons (Fsp3) is 0.500. The predicted octanol–water partition coefficient (Wildman–Crippen LogP) is 2.45. The Balaban J connectivity index is 2.50. The van der Waals surface area contributed by atoms with Gasteiger partial charge in [-0.2, -0.15) is 10.1 Å². The van der Waals surface area contributed by atoms with Crippen molar-refractivity contribution < 1.29 is 0 Å². The van der Waals surface area contributed by atoms with E-state index in [4.69, 9.17) is 0 Å². The molecule has 0 unspecified atom stereocenters. The number of halogens is 1. The van der Waals surface area contributed by atoms with E-state index in [1.807, 2.05) is 31.5 Å². The third kappa shape index (κ3) is 2.70. The maximum Gasteiger partial charge on any atom is 0.348 e. The molecule has 0 saturated heterocycles. The molecule has 2 aromatic heterocycles. The summed E-state index contributed by atoms with van der Waals surface area (Å²) in [5.74, 6) is 0. The number of nitrogens with zero attached hydrogens (tertiary/aromatic N) is 4. The highest BCUT2D eigenvalue weighted by molar-refractivity contribution is 9.10. The van der Waals surface area contributed by atoms with Crippen LogP contribution in [0.1, 0.15) is 36.6 Å². The molecule has 6 heteroatoms. The summed E-state index contributed by atoms with van der Waals surface area (Å²) in [6.07, 6.45) is 0.862. The van der Waals surface area contributed by atoms with Crippen LogP contribution in [0.4, 0.5) is 0 Å². The highest BCUT2D eigenvalue weighted by Gasteiger charge is 2.15. The molecule has 2 rings (SSSR count). The average Bonchev–Trinajstić information content (AvgIpc) is 2.70. The van der Waals surface area contributed by atoms with Crippen LogP contribution in [-0.4, -0.2) is 19.3 Å². The van der Waals surface area contributed by atoms with Crippen LogP contribution in [0.3, 0.4) is 0 Å². The molecule has 108 valence electrons. The van der Waals surface area contributed by atoms with Crippen LogP contribution in [-0.2, 0) is 19.5 Å². The van der Waals surface area contributed by atoms with E-state index in [0.29, 0.717) is 6.54 Å². The summed E-state index contributed by atoms with van der Waals surface area (Å²) in [6.45, 7) is 9.14. The fourth-order valence-corrected chi connectivity index (χ4v) is 2.97. The van der Waals surface area contributed by atoms with Crippen LogP contribution in [0, 0.1) is 13.8 Å². The lowest BCUT2D eigenvalue weighted by molar-refractivity contribution is 0.577. The summed E-state index contributed by atoms with van der Waals surface area (Å²) in [6, 6.07) is 1.92. The molecular weight excluding hydrogens is 320 g/mol. The van der Waals surface area contributed by atoms with E-state index in [1.54, 1.807) is 4.57 Å². The van der Waals surface area contributed by atoms with E-state index >= 15 is 0 Å². The van der Waals surface area contributed by atoms with Gasteiger partial charge in [-0.15, -0.1) is 0 Å². The van der Waals surface area contributed by atoms with Crippen molar-refractivity contribution in [1.82, 2.24) is 19.3 Å².